The standard InChI is InChI=1S/C21H25N3O4/c1-23-11-13-24(14-12-23)18-9-7-17(8-10-18)19(20(25)26)22-21(27)28-15-16-5-3-2-4-6-16/h2-10,19H,11-15H2,1H3,(H,22,27)(H,25,26). The van der Waals surface area contributed by atoms with Crippen LogP contribution in [0.2, 0.25) is 0 Å². The first-order chi connectivity index (χ1) is 13.5. The highest BCUT2D eigenvalue weighted by molar-refractivity contribution is 5.81. The number of alkyl carbamates (subject to hydrolysis) is 1. The van der Waals surface area contributed by atoms with E-state index in [1.54, 1.807) is 12.1 Å². The Kier molecular flexibility index (Phi) is 6.49. The molecule has 0 spiro atoms. The Labute approximate surface area is 164 Å². The Morgan fingerprint density at radius 1 is 1.04 bits per heavy atom. The smallest absolute Gasteiger partial charge is 0.408 e. The molecule has 1 saturated heterocycles. The minimum absolute atomic E-state index is 0.0847. The summed E-state index contributed by atoms with van der Waals surface area (Å²) in [4.78, 5) is 28.2. The average molecular weight is 383 g/mol. The number of carbonyl (C=O) groups is 2. The normalized spacial score (nSPS) is 15.7. The number of nitrogens with zero attached hydrogens (tertiary/aromatic N) is 2. The minimum atomic E-state index is -1.16. The predicted molar refractivity (Wildman–Crippen MR) is 106 cm³/mol. The maximum absolute atomic E-state index is 12.0. The average Bonchev–Trinajstić information content (AvgIpc) is 2.72. The number of anilines is 1. The van der Waals surface area contributed by atoms with E-state index in [0.29, 0.717) is 5.56 Å². The number of hydrogen-bond donors (Lipinski definition) is 2. The fraction of sp³-hybridized carbons (Fsp3) is 0.333. The highest BCUT2D eigenvalue weighted by Gasteiger charge is 2.23. The number of ether oxygens (including phenoxy) is 1. The summed E-state index contributed by atoms with van der Waals surface area (Å²) in [5.41, 5.74) is 2.38. The number of aliphatic carboxylic acids is 1. The summed E-state index contributed by atoms with van der Waals surface area (Å²) in [5, 5.41) is 11.9. The van der Waals surface area contributed by atoms with E-state index >= 15 is 0 Å². The van der Waals surface area contributed by atoms with Crippen LogP contribution < -0.4 is 10.2 Å². The van der Waals surface area contributed by atoms with Crippen molar-refractivity contribution in [1.29, 1.82) is 0 Å². The van der Waals surface area contributed by atoms with Crippen molar-refractivity contribution in [3.05, 3.63) is 65.7 Å². The summed E-state index contributed by atoms with van der Waals surface area (Å²) >= 11 is 0. The summed E-state index contributed by atoms with van der Waals surface area (Å²) in [7, 11) is 2.10. The number of rotatable bonds is 6. The molecular formula is C21H25N3O4. The maximum Gasteiger partial charge on any atom is 0.408 e. The Hall–Kier alpha value is -3.06. The number of hydrogen-bond acceptors (Lipinski definition) is 5. The van der Waals surface area contributed by atoms with Gasteiger partial charge in [0.2, 0.25) is 0 Å². The molecule has 3 rings (SSSR count). The first-order valence-corrected chi connectivity index (χ1v) is 9.26. The molecule has 2 aromatic rings. The molecule has 0 aliphatic carbocycles. The summed E-state index contributed by atoms with van der Waals surface area (Å²) in [6, 6.07) is 15.3. The molecule has 1 amide bonds. The van der Waals surface area contributed by atoms with Crippen LogP contribution in [0, 0.1) is 0 Å². The van der Waals surface area contributed by atoms with Gasteiger partial charge in [-0.3, -0.25) is 0 Å². The number of carbonyl (C=O) groups excluding carboxylic acids is 1. The van der Waals surface area contributed by atoms with Crippen LogP contribution in [0.3, 0.4) is 0 Å². The fourth-order valence-corrected chi connectivity index (χ4v) is 3.11. The largest absolute Gasteiger partial charge is 0.479 e. The molecule has 1 unspecified atom stereocenters. The van der Waals surface area contributed by atoms with Crippen molar-refractivity contribution in [2.45, 2.75) is 12.6 Å². The number of likely N-dealkylation sites (N-methyl/N-ethyl adjacent to an activating group) is 1. The van der Waals surface area contributed by atoms with E-state index in [0.717, 1.165) is 37.4 Å². The number of nitrogens with one attached hydrogen (secondary N) is 1. The van der Waals surface area contributed by atoms with Gasteiger partial charge in [-0.1, -0.05) is 42.5 Å². The van der Waals surface area contributed by atoms with Crippen molar-refractivity contribution in [2.24, 2.45) is 0 Å². The molecule has 1 heterocycles. The van der Waals surface area contributed by atoms with Crippen molar-refractivity contribution in [3.8, 4) is 0 Å². The number of benzene rings is 2. The highest BCUT2D eigenvalue weighted by Crippen LogP contribution is 2.21. The van der Waals surface area contributed by atoms with Crippen LogP contribution in [-0.2, 0) is 16.1 Å². The van der Waals surface area contributed by atoms with Crippen LogP contribution in [0.1, 0.15) is 17.2 Å². The van der Waals surface area contributed by atoms with Gasteiger partial charge in [0.05, 0.1) is 0 Å². The summed E-state index contributed by atoms with van der Waals surface area (Å²) in [5.74, 6) is -1.14. The van der Waals surface area contributed by atoms with Crippen molar-refractivity contribution in [3.63, 3.8) is 0 Å². The van der Waals surface area contributed by atoms with Gasteiger partial charge in [-0.25, -0.2) is 9.59 Å². The summed E-state index contributed by atoms with van der Waals surface area (Å²) < 4.78 is 5.13. The number of piperazine rings is 1. The molecule has 7 nitrogen and oxygen atoms in total. The Balaban J connectivity index is 1.60. The summed E-state index contributed by atoms with van der Waals surface area (Å²) in [6.45, 7) is 3.94. The lowest BCUT2D eigenvalue weighted by atomic mass is 10.1. The van der Waals surface area contributed by atoms with Crippen molar-refractivity contribution in [2.75, 3.05) is 38.1 Å². The molecule has 1 atom stereocenters. The zero-order valence-corrected chi connectivity index (χ0v) is 15.9. The van der Waals surface area contributed by atoms with Crippen LogP contribution in [0.4, 0.5) is 10.5 Å². The molecule has 1 fully saturated rings. The van der Waals surface area contributed by atoms with E-state index in [1.807, 2.05) is 42.5 Å². The molecular weight excluding hydrogens is 358 g/mol. The van der Waals surface area contributed by atoms with E-state index in [9.17, 15) is 14.7 Å². The first-order valence-electron chi connectivity index (χ1n) is 9.26. The van der Waals surface area contributed by atoms with Crippen molar-refractivity contribution < 1.29 is 19.4 Å². The van der Waals surface area contributed by atoms with Crippen LogP contribution >= 0.6 is 0 Å². The Bertz CT molecular complexity index is 787. The van der Waals surface area contributed by atoms with Gasteiger partial charge in [0.15, 0.2) is 6.04 Å². The first kappa shape index (κ1) is 19.7. The zero-order valence-electron chi connectivity index (χ0n) is 15.9. The van der Waals surface area contributed by atoms with Crippen LogP contribution in [-0.4, -0.2) is 55.3 Å². The molecule has 28 heavy (non-hydrogen) atoms. The Morgan fingerprint density at radius 2 is 1.68 bits per heavy atom. The molecule has 0 radical (unpaired) electrons. The molecule has 148 valence electrons. The molecule has 1 aliphatic rings. The van der Waals surface area contributed by atoms with Gasteiger partial charge in [0.1, 0.15) is 6.61 Å². The third kappa shape index (κ3) is 5.23. The van der Waals surface area contributed by atoms with Gasteiger partial charge in [0.25, 0.3) is 0 Å². The lowest BCUT2D eigenvalue weighted by molar-refractivity contribution is -0.139. The van der Waals surface area contributed by atoms with Gasteiger partial charge in [-0.05, 0) is 30.3 Å². The lowest BCUT2D eigenvalue weighted by Gasteiger charge is -2.34. The molecule has 2 N–H and O–H groups in total. The molecule has 7 heteroatoms. The highest BCUT2D eigenvalue weighted by atomic mass is 16.5. The quantitative estimate of drug-likeness (QED) is 0.798. The maximum atomic E-state index is 12.0. The molecule has 0 bridgehead atoms. The van der Waals surface area contributed by atoms with E-state index in [2.05, 4.69) is 22.2 Å². The second-order valence-electron chi connectivity index (χ2n) is 6.86. The number of amides is 1. The van der Waals surface area contributed by atoms with Gasteiger partial charge >= 0.3 is 12.1 Å². The van der Waals surface area contributed by atoms with Gasteiger partial charge in [-0.15, -0.1) is 0 Å². The van der Waals surface area contributed by atoms with Gasteiger partial charge in [-0.2, -0.15) is 0 Å². The van der Waals surface area contributed by atoms with Crippen LogP contribution in [0.15, 0.2) is 54.6 Å². The Morgan fingerprint density at radius 3 is 2.29 bits per heavy atom. The topological polar surface area (TPSA) is 82.1 Å². The number of carboxylic acids is 1. The molecule has 2 aromatic carbocycles. The zero-order chi connectivity index (χ0) is 19.9. The van der Waals surface area contributed by atoms with Gasteiger partial charge in [0, 0.05) is 31.9 Å². The molecule has 0 saturated carbocycles. The minimum Gasteiger partial charge on any atom is -0.479 e. The van der Waals surface area contributed by atoms with Crippen molar-refractivity contribution in [1.82, 2.24) is 10.2 Å². The second-order valence-corrected chi connectivity index (χ2v) is 6.86. The molecule has 1 aliphatic heterocycles. The third-order valence-corrected chi connectivity index (χ3v) is 4.82. The monoisotopic (exact) mass is 383 g/mol. The predicted octanol–water partition coefficient (Wildman–Crippen LogP) is 2.49. The fourth-order valence-electron chi connectivity index (χ4n) is 3.11. The van der Waals surface area contributed by atoms with Crippen LogP contribution in [0.5, 0.6) is 0 Å². The summed E-state index contributed by atoms with van der Waals surface area (Å²) in [6.07, 6.45) is -0.764. The second kappa shape index (κ2) is 9.23. The SMILES string of the molecule is CN1CCN(c2ccc(C(NC(=O)OCc3ccccc3)C(=O)O)cc2)CC1. The van der Waals surface area contributed by atoms with E-state index in [-0.39, 0.29) is 6.61 Å². The van der Waals surface area contributed by atoms with Gasteiger partial charge < -0.3 is 25.0 Å². The third-order valence-electron chi connectivity index (χ3n) is 4.82. The van der Waals surface area contributed by atoms with E-state index in [1.165, 1.54) is 0 Å². The molecule has 0 aromatic heterocycles. The number of carboxylic acid groups (broad SMARTS) is 1. The van der Waals surface area contributed by atoms with Crippen molar-refractivity contribution >= 4 is 17.7 Å². The van der Waals surface area contributed by atoms with E-state index < -0.39 is 18.1 Å². The van der Waals surface area contributed by atoms with Crippen LogP contribution in [0.25, 0.3) is 0 Å². The van der Waals surface area contributed by atoms with E-state index in [4.69, 9.17) is 4.74 Å². The lowest BCUT2D eigenvalue weighted by Crippen LogP contribution is -2.44.